The average Bonchev–Trinajstić information content (AvgIpc) is 2.60. The third-order valence-corrected chi connectivity index (χ3v) is 3.29. The summed E-state index contributed by atoms with van der Waals surface area (Å²) in [5, 5.41) is 10.9. The van der Waals surface area contributed by atoms with Crippen LogP contribution in [0.3, 0.4) is 0 Å². The van der Waals surface area contributed by atoms with Crippen molar-refractivity contribution in [1.82, 2.24) is 0 Å². The molecule has 8 heteroatoms. The van der Waals surface area contributed by atoms with E-state index >= 15 is 0 Å². The van der Waals surface area contributed by atoms with Crippen LogP contribution in [0.5, 0.6) is 17.2 Å². The summed E-state index contributed by atoms with van der Waals surface area (Å²) < 4.78 is 29.0. The van der Waals surface area contributed by atoms with Gasteiger partial charge in [-0.25, -0.2) is 9.18 Å². The molecule has 0 heterocycles. The first-order valence-corrected chi connectivity index (χ1v) is 7.98. The third-order valence-electron chi connectivity index (χ3n) is 3.29. The number of nitro benzene ring substituents is 1. The number of benzene rings is 2. The van der Waals surface area contributed by atoms with E-state index in [4.69, 9.17) is 14.2 Å². The van der Waals surface area contributed by atoms with Crippen LogP contribution >= 0.6 is 0 Å². The highest BCUT2D eigenvalue weighted by Crippen LogP contribution is 2.30. The van der Waals surface area contributed by atoms with Gasteiger partial charge >= 0.3 is 11.7 Å². The fourth-order valence-corrected chi connectivity index (χ4v) is 2.17. The van der Waals surface area contributed by atoms with Crippen molar-refractivity contribution < 1.29 is 28.3 Å². The second kappa shape index (κ2) is 8.79. The van der Waals surface area contributed by atoms with Crippen molar-refractivity contribution in [3.63, 3.8) is 0 Å². The van der Waals surface area contributed by atoms with Crippen LogP contribution in [0.15, 0.2) is 42.5 Å². The van der Waals surface area contributed by atoms with Crippen LogP contribution in [0.25, 0.3) is 6.08 Å². The maximum Gasteiger partial charge on any atom is 0.336 e. The normalized spacial score (nSPS) is 10.9. The number of rotatable bonds is 7. The minimum Gasteiger partial charge on any atom is -0.493 e. The summed E-state index contributed by atoms with van der Waals surface area (Å²) in [5.41, 5.74) is 0.114. The molecule has 0 aliphatic heterocycles. The Hall–Kier alpha value is -3.42. The average molecular weight is 375 g/mol. The second-order valence-electron chi connectivity index (χ2n) is 5.70. The minimum absolute atomic E-state index is 0.0303. The molecule has 0 spiro atoms. The minimum atomic E-state index is -0.884. The summed E-state index contributed by atoms with van der Waals surface area (Å²) in [5.74, 6) is -1.06. The second-order valence-corrected chi connectivity index (χ2v) is 5.70. The van der Waals surface area contributed by atoms with Crippen molar-refractivity contribution in [2.24, 2.45) is 0 Å². The van der Waals surface area contributed by atoms with Crippen LogP contribution in [-0.2, 0) is 4.79 Å². The molecule has 0 atom stereocenters. The van der Waals surface area contributed by atoms with Crippen LogP contribution in [0.4, 0.5) is 10.1 Å². The number of carbonyl (C=O) groups is 1. The summed E-state index contributed by atoms with van der Waals surface area (Å²) in [6.45, 7) is 3.77. The fraction of sp³-hybridized carbons (Fsp3) is 0.211. The highest BCUT2D eigenvalue weighted by molar-refractivity contribution is 5.89. The largest absolute Gasteiger partial charge is 0.493 e. The van der Waals surface area contributed by atoms with Gasteiger partial charge in [-0.05, 0) is 43.7 Å². The molecule has 0 amide bonds. The smallest absolute Gasteiger partial charge is 0.336 e. The number of halogens is 1. The Labute approximate surface area is 155 Å². The summed E-state index contributed by atoms with van der Waals surface area (Å²) >= 11 is 0. The zero-order valence-electron chi connectivity index (χ0n) is 15.0. The molecule has 0 saturated carbocycles. The van der Waals surface area contributed by atoms with Crippen molar-refractivity contribution >= 4 is 17.7 Å². The first-order valence-electron chi connectivity index (χ1n) is 7.98. The van der Waals surface area contributed by atoms with Gasteiger partial charge in [0.05, 0.1) is 18.1 Å². The fourth-order valence-electron chi connectivity index (χ4n) is 2.17. The SMILES string of the molecule is COc1cc(C=CC(=O)Oc2cc(F)ccc2[N+](=O)[O-])ccc1OC(C)C. The van der Waals surface area contributed by atoms with E-state index in [9.17, 15) is 19.3 Å². The van der Waals surface area contributed by atoms with Crippen molar-refractivity contribution in [3.05, 3.63) is 64.0 Å². The predicted molar refractivity (Wildman–Crippen MR) is 96.5 cm³/mol. The van der Waals surface area contributed by atoms with Crippen LogP contribution in [0, 0.1) is 15.9 Å². The van der Waals surface area contributed by atoms with Gasteiger partial charge in [0, 0.05) is 18.2 Å². The lowest BCUT2D eigenvalue weighted by Gasteiger charge is -2.13. The van der Waals surface area contributed by atoms with Crippen molar-refractivity contribution in [3.8, 4) is 17.2 Å². The number of nitro groups is 1. The molecule has 2 aromatic carbocycles. The molecule has 0 aromatic heterocycles. The number of nitrogens with zero attached hydrogens (tertiary/aromatic N) is 1. The van der Waals surface area contributed by atoms with Gasteiger partial charge in [0.1, 0.15) is 5.82 Å². The molecule has 27 heavy (non-hydrogen) atoms. The molecule has 0 fully saturated rings. The van der Waals surface area contributed by atoms with Crippen LogP contribution in [-0.4, -0.2) is 24.1 Å². The van der Waals surface area contributed by atoms with E-state index in [0.29, 0.717) is 17.1 Å². The highest BCUT2D eigenvalue weighted by Gasteiger charge is 2.18. The molecule has 0 unspecified atom stereocenters. The van der Waals surface area contributed by atoms with Crippen LogP contribution in [0.2, 0.25) is 0 Å². The first kappa shape index (κ1) is 19.9. The number of esters is 1. The van der Waals surface area contributed by atoms with E-state index < -0.39 is 28.1 Å². The van der Waals surface area contributed by atoms with Crippen molar-refractivity contribution in [2.75, 3.05) is 7.11 Å². The lowest BCUT2D eigenvalue weighted by molar-refractivity contribution is -0.385. The molecule has 2 rings (SSSR count). The topological polar surface area (TPSA) is 87.9 Å². The summed E-state index contributed by atoms with van der Waals surface area (Å²) in [6.07, 6.45) is 2.49. The molecular weight excluding hydrogens is 357 g/mol. The predicted octanol–water partition coefficient (Wildman–Crippen LogP) is 4.15. The van der Waals surface area contributed by atoms with Gasteiger partial charge < -0.3 is 14.2 Å². The van der Waals surface area contributed by atoms with E-state index in [2.05, 4.69) is 0 Å². The Morgan fingerprint density at radius 1 is 1.15 bits per heavy atom. The zero-order chi connectivity index (χ0) is 20.0. The molecule has 2 aromatic rings. The van der Waals surface area contributed by atoms with E-state index in [1.54, 1.807) is 18.2 Å². The Morgan fingerprint density at radius 2 is 1.89 bits per heavy atom. The van der Waals surface area contributed by atoms with Gasteiger partial charge in [-0.2, -0.15) is 0 Å². The molecule has 0 aliphatic carbocycles. The van der Waals surface area contributed by atoms with Gasteiger partial charge in [-0.15, -0.1) is 0 Å². The Kier molecular flexibility index (Phi) is 6.48. The standard InChI is InChI=1S/C19H18FNO6/c1-12(2)26-16-8-4-13(10-18(16)25-3)5-9-19(22)27-17-11-14(20)6-7-15(17)21(23)24/h4-12H,1-3H3. The van der Waals surface area contributed by atoms with Crippen LogP contribution in [0.1, 0.15) is 19.4 Å². The Bertz CT molecular complexity index is 878. The van der Waals surface area contributed by atoms with E-state index in [-0.39, 0.29) is 6.10 Å². The number of hydrogen-bond acceptors (Lipinski definition) is 6. The maximum atomic E-state index is 13.3. The van der Waals surface area contributed by atoms with E-state index in [0.717, 1.165) is 24.3 Å². The zero-order valence-corrected chi connectivity index (χ0v) is 15.0. The Morgan fingerprint density at radius 3 is 2.52 bits per heavy atom. The maximum absolute atomic E-state index is 13.3. The molecule has 7 nitrogen and oxygen atoms in total. The highest BCUT2D eigenvalue weighted by atomic mass is 19.1. The van der Waals surface area contributed by atoms with E-state index in [1.165, 1.54) is 13.2 Å². The summed E-state index contributed by atoms with van der Waals surface area (Å²) in [7, 11) is 1.49. The van der Waals surface area contributed by atoms with Gasteiger partial charge in [-0.3, -0.25) is 10.1 Å². The molecule has 0 saturated heterocycles. The molecular formula is C19H18FNO6. The van der Waals surface area contributed by atoms with Gasteiger partial charge in [0.2, 0.25) is 5.75 Å². The lowest BCUT2D eigenvalue weighted by Crippen LogP contribution is -2.07. The number of carbonyl (C=O) groups excluding carboxylic acids is 1. The Balaban J connectivity index is 2.15. The number of hydrogen-bond donors (Lipinski definition) is 0. The van der Waals surface area contributed by atoms with E-state index in [1.807, 2.05) is 13.8 Å². The molecule has 0 N–H and O–H groups in total. The molecule has 0 radical (unpaired) electrons. The molecule has 142 valence electrons. The summed E-state index contributed by atoms with van der Waals surface area (Å²) in [6, 6.07) is 7.69. The number of methoxy groups -OCH3 is 1. The van der Waals surface area contributed by atoms with Crippen molar-refractivity contribution in [1.29, 1.82) is 0 Å². The summed E-state index contributed by atoms with van der Waals surface area (Å²) in [4.78, 5) is 22.1. The monoisotopic (exact) mass is 375 g/mol. The van der Waals surface area contributed by atoms with Crippen molar-refractivity contribution in [2.45, 2.75) is 20.0 Å². The first-order chi connectivity index (χ1) is 12.8. The quantitative estimate of drug-likeness (QED) is 0.237. The lowest BCUT2D eigenvalue weighted by atomic mass is 10.2. The molecule has 0 aliphatic rings. The molecule has 0 bridgehead atoms. The third kappa shape index (κ3) is 5.53. The van der Waals surface area contributed by atoms with Gasteiger partial charge in [0.15, 0.2) is 11.5 Å². The van der Waals surface area contributed by atoms with Gasteiger partial charge in [-0.1, -0.05) is 6.07 Å². The van der Waals surface area contributed by atoms with Crippen LogP contribution < -0.4 is 14.2 Å². The van der Waals surface area contributed by atoms with Gasteiger partial charge in [0.25, 0.3) is 0 Å². The number of ether oxygens (including phenoxy) is 3.